The fourth-order valence-electron chi connectivity index (χ4n) is 12.9. The fraction of sp³-hybridized carbons (Fsp3) is 0.562. The highest BCUT2D eigenvalue weighted by Crippen LogP contribution is 2.76. The summed E-state index contributed by atoms with van der Waals surface area (Å²) in [6.07, 6.45) is 15.8. The number of aromatic hydroxyl groups is 3. The minimum atomic E-state index is -0.847. The molecular formula is C48H60O9. The van der Waals surface area contributed by atoms with Gasteiger partial charge in [-0.15, -0.1) is 0 Å². The van der Waals surface area contributed by atoms with Crippen molar-refractivity contribution >= 4 is 30.1 Å². The monoisotopic (exact) mass is 780 g/mol. The van der Waals surface area contributed by atoms with E-state index in [0.29, 0.717) is 24.8 Å². The summed E-state index contributed by atoms with van der Waals surface area (Å²) in [6, 6.07) is 11.0. The number of aliphatic carboxylic acids is 1. The van der Waals surface area contributed by atoms with Gasteiger partial charge in [0, 0.05) is 23.0 Å². The van der Waals surface area contributed by atoms with Gasteiger partial charge in [-0.25, -0.2) is 9.59 Å². The topological polar surface area (TPSA) is 151 Å². The highest BCUT2D eigenvalue weighted by atomic mass is 16.5. The van der Waals surface area contributed by atoms with Crippen LogP contribution in [0.4, 0.5) is 0 Å². The van der Waals surface area contributed by atoms with E-state index in [1.807, 2.05) is 0 Å². The molecule has 0 saturated heterocycles. The molecule has 0 spiro atoms. The van der Waals surface area contributed by atoms with Crippen LogP contribution in [0.3, 0.4) is 0 Å². The molecule has 2 aromatic carbocycles. The number of carboxylic acids is 1. The smallest absolute Gasteiger partial charge is 0.331 e. The van der Waals surface area contributed by atoms with Gasteiger partial charge in [0.1, 0.15) is 18.5 Å². The number of phenolic OH excluding ortho intramolecular Hbond substituents is 3. The number of phenols is 3. The van der Waals surface area contributed by atoms with Crippen LogP contribution < -0.4 is 0 Å². The number of hydrogen-bond donors (Lipinski definition) is 4. The SMILES string of the molecule is CC1(C)CC[C@]2(C(=O)O)CC[C@]3(COC(=O)/C=C/c4ccc(O)c(O)c4)C(=CCC4[C@@]5(C)CC[C@H](OC(=O)/C=C/c6ccc(O)cc6)C(C)(C)C5CC[C@]43C)[C@@H]2C1. The largest absolute Gasteiger partial charge is 0.508 e. The molecule has 9 nitrogen and oxygen atoms in total. The second-order valence-electron chi connectivity index (χ2n) is 19.8. The van der Waals surface area contributed by atoms with Gasteiger partial charge in [-0.3, -0.25) is 4.79 Å². The van der Waals surface area contributed by atoms with E-state index in [1.165, 1.54) is 29.9 Å². The lowest BCUT2D eigenvalue weighted by Crippen LogP contribution is -2.67. The third-order valence-corrected chi connectivity index (χ3v) is 16.1. The first-order valence-corrected chi connectivity index (χ1v) is 20.7. The van der Waals surface area contributed by atoms with Gasteiger partial charge in [0.2, 0.25) is 0 Å². The predicted molar refractivity (Wildman–Crippen MR) is 218 cm³/mol. The molecule has 0 heterocycles. The zero-order chi connectivity index (χ0) is 41.2. The molecule has 0 bridgehead atoms. The number of esters is 2. The van der Waals surface area contributed by atoms with Crippen LogP contribution in [0.2, 0.25) is 0 Å². The molecule has 0 aromatic heterocycles. The first kappa shape index (κ1) is 40.7. The van der Waals surface area contributed by atoms with Crippen molar-refractivity contribution in [2.75, 3.05) is 6.61 Å². The number of fused-ring (bicyclic) bond motifs is 7. The van der Waals surface area contributed by atoms with E-state index in [9.17, 15) is 34.8 Å². The van der Waals surface area contributed by atoms with E-state index in [0.717, 1.165) is 50.5 Å². The van der Waals surface area contributed by atoms with Gasteiger partial charge in [-0.2, -0.15) is 0 Å². The van der Waals surface area contributed by atoms with Crippen molar-refractivity contribution in [3.05, 3.63) is 77.4 Å². The Labute approximate surface area is 336 Å². The highest BCUT2D eigenvalue weighted by Gasteiger charge is 2.71. The maximum Gasteiger partial charge on any atom is 0.331 e. The molecule has 0 radical (unpaired) electrons. The van der Waals surface area contributed by atoms with Crippen LogP contribution in [0.1, 0.15) is 117 Å². The van der Waals surface area contributed by atoms with Crippen molar-refractivity contribution in [2.45, 2.75) is 112 Å². The molecule has 4 fully saturated rings. The Morgan fingerprint density at radius 2 is 1.42 bits per heavy atom. The summed E-state index contributed by atoms with van der Waals surface area (Å²) in [6.45, 7) is 14.0. The van der Waals surface area contributed by atoms with Gasteiger partial charge in [0.05, 0.1) is 5.41 Å². The van der Waals surface area contributed by atoms with E-state index in [-0.39, 0.29) is 75.3 Å². The van der Waals surface area contributed by atoms with E-state index in [2.05, 4.69) is 47.6 Å². The molecule has 4 N–H and O–H groups in total. The zero-order valence-corrected chi connectivity index (χ0v) is 34.3. The lowest BCUT2D eigenvalue weighted by atomic mass is 9.33. The number of hydrogen-bond acceptors (Lipinski definition) is 8. The zero-order valence-electron chi connectivity index (χ0n) is 34.3. The van der Waals surface area contributed by atoms with Crippen molar-refractivity contribution in [1.82, 2.24) is 0 Å². The summed E-state index contributed by atoms with van der Waals surface area (Å²) >= 11 is 0. The summed E-state index contributed by atoms with van der Waals surface area (Å²) in [4.78, 5) is 40.1. The lowest BCUT2D eigenvalue weighted by Gasteiger charge is -2.71. The molecule has 0 amide bonds. The Bertz CT molecular complexity index is 2010. The summed E-state index contributed by atoms with van der Waals surface area (Å²) < 4.78 is 12.5. The second kappa shape index (κ2) is 14.4. The van der Waals surface area contributed by atoms with Crippen LogP contribution >= 0.6 is 0 Å². The quantitative estimate of drug-likeness (QED) is 0.0888. The summed E-state index contributed by atoms with van der Waals surface area (Å²) in [5, 5.41) is 40.3. The van der Waals surface area contributed by atoms with E-state index in [1.54, 1.807) is 42.5 Å². The second-order valence-corrected chi connectivity index (χ2v) is 19.8. The Hall–Kier alpha value is -4.53. The summed E-state index contributed by atoms with van der Waals surface area (Å²) in [5.74, 6) is -1.65. The Kier molecular flexibility index (Phi) is 10.3. The minimum Gasteiger partial charge on any atom is -0.508 e. The lowest BCUT2D eigenvalue weighted by molar-refractivity contribution is -0.221. The molecule has 5 aliphatic rings. The van der Waals surface area contributed by atoms with E-state index < -0.39 is 22.8 Å². The maximum atomic E-state index is 13.6. The van der Waals surface area contributed by atoms with Crippen LogP contribution in [0.5, 0.6) is 17.2 Å². The molecule has 7 rings (SSSR count). The van der Waals surface area contributed by atoms with Crippen molar-refractivity contribution in [3.8, 4) is 17.2 Å². The molecule has 0 aliphatic heterocycles. The van der Waals surface area contributed by atoms with Gasteiger partial charge in [0.15, 0.2) is 11.5 Å². The van der Waals surface area contributed by atoms with Gasteiger partial charge in [-0.05, 0) is 146 Å². The molecule has 306 valence electrons. The Morgan fingerprint density at radius 1 is 0.754 bits per heavy atom. The minimum absolute atomic E-state index is 0.0247. The van der Waals surface area contributed by atoms with Crippen molar-refractivity contribution < 1.29 is 44.3 Å². The normalized spacial score (nSPS) is 35.2. The third kappa shape index (κ3) is 6.86. The number of benzene rings is 2. The summed E-state index contributed by atoms with van der Waals surface area (Å²) in [5.41, 5.74) is 0.352. The van der Waals surface area contributed by atoms with Crippen LogP contribution in [0.25, 0.3) is 12.2 Å². The first-order valence-electron chi connectivity index (χ1n) is 20.7. The van der Waals surface area contributed by atoms with Crippen LogP contribution in [-0.4, -0.2) is 51.0 Å². The highest BCUT2D eigenvalue weighted by molar-refractivity contribution is 5.88. The fourth-order valence-corrected chi connectivity index (χ4v) is 12.9. The molecule has 8 atom stereocenters. The number of ether oxygens (including phenoxy) is 2. The van der Waals surface area contributed by atoms with Gasteiger partial charge in [0.25, 0.3) is 0 Å². The standard InChI is InChI=1S/C48H60O9/c1-43(2)23-24-47(42(54)55)25-26-48(29-56-40(52)17-11-31-9-15-35(50)36(51)27-31)33(34(47)28-43)14-16-38-45(5)21-20-39(44(3,4)37(45)19-22-46(38,48)6)57-41(53)18-10-30-7-12-32(49)13-8-30/h7-15,17-18,27,34,37-39,49-51H,16,19-26,28-29H2,1-6H3,(H,54,55)/b17-11+,18-10+/t34-,37?,38?,39-,45-,46+,47-,48-/m0/s1. The molecule has 2 unspecified atom stereocenters. The van der Waals surface area contributed by atoms with Gasteiger partial charge in [-0.1, -0.05) is 71.4 Å². The molecular weight excluding hydrogens is 721 g/mol. The van der Waals surface area contributed by atoms with Gasteiger partial charge >= 0.3 is 17.9 Å². The van der Waals surface area contributed by atoms with Crippen LogP contribution in [0, 0.1) is 50.2 Å². The van der Waals surface area contributed by atoms with E-state index >= 15 is 0 Å². The first-order chi connectivity index (χ1) is 26.8. The number of rotatable bonds is 8. The maximum absolute atomic E-state index is 13.6. The van der Waals surface area contributed by atoms with E-state index in [4.69, 9.17) is 9.47 Å². The summed E-state index contributed by atoms with van der Waals surface area (Å²) in [7, 11) is 0. The number of carbonyl (C=O) groups is 3. The third-order valence-electron chi connectivity index (χ3n) is 16.1. The van der Waals surface area contributed by atoms with Gasteiger partial charge < -0.3 is 29.9 Å². The van der Waals surface area contributed by atoms with Crippen molar-refractivity contribution in [1.29, 1.82) is 0 Å². The number of carbonyl (C=O) groups excluding carboxylic acids is 2. The van der Waals surface area contributed by atoms with Crippen molar-refractivity contribution in [2.24, 2.45) is 50.2 Å². The Balaban J connectivity index is 1.20. The van der Waals surface area contributed by atoms with Crippen molar-refractivity contribution in [3.63, 3.8) is 0 Å². The number of allylic oxidation sites excluding steroid dienone is 1. The molecule has 2 aromatic rings. The Morgan fingerprint density at radius 3 is 2.12 bits per heavy atom. The van der Waals surface area contributed by atoms with Crippen LogP contribution in [-0.2, 0) is 23.9 Å². The average Bonchev–Trinajstić information content (AvgIpc) is 3.15. The number of carboxylic acid groups (broad SMARTS) is 1. The molecule has 4 saturated carbocycles. The molecule has 57 heavy (non-hydrogen) atoms. The predicted octanol–water partition coefficient (Wildman–Crippen LogP) is 9.85. The molecule has 5 aliphatic carbocycles. The van der Waals surface area contributed by atoms with Crippen LogP contribution in [0.15, 0.2) is 66.3 Å². The molecule has 9 heteroatoms. The average molecular weight is 781 g/mol.